The van der Waals surface area contributed by atoms with Crippen LogP contribution in [0.1, 0.15) is 29.5 Å². The first-order valence-electron chi connectivity index (χ1n) is 12.2. The fourth-order valence-electron chi connectivity index (χ4n) is 5.41. The molecular formula is C28H25Cl2F4N3O. The Morgan fingerprint density at radius 2 is 1.92 bits per heavy atom. The monoisotopic (exact) mass is 565 g/mol. The second-order valence-electron chi connectivity index (χ2n) is 9.80. The van der Waals surface area contributed by atoms with Crippen molar-refractivity contribution in [2.24, 2.45) is 0 Å². The van der Waals surface area contributed by atoms with Gasteiger partial charge in [0.1, 0.15) is 11.3 Å². The fourth-order valence-corrected chi connectivity index (χ4v) is 5.79. The molecule has 3 aliphatic heterocycles. The molecule has 0 aliphatic carbocycles. The largest absolute Gasteiger partial charge is 0.419 e. The number of anilines is 1. The normalized spacial score (nSPS) is 21.1. The van der Waals surface area contributed by atoms with Gasteiger partial charge in [-0.3, -0.25) is 9.69 Å². The molecular weight excluding hydrogens is 541 g/mol. The number of piperidine rings is 1. The van der Waals surface area contributed by atoms with Gasteiger partial charge in [-0.05, 0) is 85.7 Å². The van der Waals surface area contributed by atoms with Gasteiger partial charge in [0.25, 0.3) is 5.91 Å². The molecule has 1 unspecified atom stereocenters. The van der Waals surface area contributed by atoms with Gasteiger partial charge >= 0.3 is 6.18 Å². The summed E-state index contributed by atoms with van der Waals surface area (Å²) >= 11 is 12.5. The molecule has 2 aromatic carbocycles. The van der Waals surface area contributed by atoms with Crippen molar-refractivity contribution in [3.8, 4) is 0 Å². The van der Waals surface area contributed by atoms with E-state index in [0.29, 0.717) is 29.2 Å². The molecule has 200 valence electrons. The van der Waals surface area contributed by atoms with Crippen LogP contribution in [0.25, 0.3) is 6.08 Å². The molecule has 4 nitrogen and oxygen atoms in total. The molecule has 0 saturated carbocycles. The molecule has 1 fully saturated rings. The van der Waals surface area contributed by atoms with Gasteiger partial charge in [0.2, 0.25) is 0 Å². The minimum absolute atomic E-state index is 0.108. The number of rotatable bonds is 4. The quantitative estimate of drug-likeness (QED) is 0.261. The zero-order chi connectivity index (χ0) is 27.1. The minimum atomic E-state index is -4.72. The molecule has 1 N–H and O–H groups in total. The Hall–Kier alpha value is -2.81. The van der Waals surface area contributed by atoms with E-state index in [0.717, 1.165) is 49.3 Å². The number of fused-ring (bicyclic) bond motifs is 2. The Morgan fingerprint density at radius 3 is 2.61 bits per heavy atom. The highest BCUT2D eigenvalue weighted by Gasteiger charge is 2.46. The van der Waals surface area contributed by atoms with Gasteiger partial charge in [0.05, 0.1) is 5.56 Å². The topological polar surface area (TPSA) is 35.6 Å². The molecule has 10 heteroatoms. The van der Waals surface area contributed by atoms with Crippen molar-refractivity contribution in [3.63, 3.8) is 0 Å². The first-order valence-corrected chi connectivity index (χ1v) is 13.0. The number of carbonyl (C=O) groups is 1. The molecule has 1 spiro atoms. The van der Waals surface area contributed by atoms with Gasteiger partial charge in [-0.15, -0.1) is 0 Å². The predicted octanol–water partition coefficient (Wildman–Crippen LogP) is 6.50. The standard InChI is InChI=1S/C28H25Cl2F4N3O/c29-20-4-6-24-22(16-20)27(17-37(24)26(38)19-7-10-35-25(30)15-19)8-12-36(13-9-27)11-1-2-18-3-5-21(23(31)14-18)28(32,33)34/h1-7,10,14-16,25,35H,8-9,11-13,17H2/b2-1+. The van der Waals surface area contributed by atoms with Crippen molar-refractivity contribution >= 4 is 40.9 Å². The number of benzene rings is 2. The van der Waals surface area contributed by atoms with Gasteiger partial charge in [-0.2, -0.15) is 13.2 Å². The average Bonchev–Trinajstić information content (AvgIpc) is 3.17. The van der Waals surface area contributed by atoms with E-state index in [1.807, 2.05) is 23.1 Å². The Bertz CT molecular complexity index is 1330. The smallest absolute Gasteiger partial charge is 0.372 e. The number of nitrogens with zero attached hydrogens (tertiary/aromatic N) is 2. The maximum Gasteiger partial charge on any atom is 0.419 e. The van der Waals surface area contributed by atoms with Crippen LogP contribution in [-0.2, 0) is 16.4 Å². The third-order valence-electron chi connectivity index (χ3n) is 7.40. The zero-order valence-corrected chi connectivity index (χ0v) is 21.8. The van der Waals surface area contributed by atoms with E-state index >= 15 is 0 Å². The van der Waals surface area contributed by atoms with Gasteiger partial charge < -0.3 is 10.2 Å². The van der Waals surface area contributed by atoms with Gasteiger partial charge in [0.15, 0.2) is 0 Å². The minimum Gasteiger partial charge on any atom is -0.372 e. The Kier molecular flexibility index (Phi) is 7.33. The van der Waals surface area contributed by atoms with Crippen molar-refractivity contribution in [2.45, 2.75) is 29.9 Å². The highest BCUT2D eigenvalue weighted by Crippen LogP contribution is 2.48. The van der Waals surface area contributed by atoms with Crippen LogP contribution >= 0.6 is 23.2 Å². The first-order chi connectivity index (χ1) is 18.1. The molecule has 2 aromatic rings. The summed E-state index contributed by atoms with van der Waals surface area (Å²) in [6.45, 7) is 2.64. The molecule has 5 rings (SSSR count). The molecule has 38 heavy (non-hydrogen) atoms. The van der Waals surface area contributed by atoms with Crippen LogP contribution in [-0.4, -0.2) is 42.5 Å². The third kappa shape index (κ3) is 5.35. The lowest BCUT2D eigenvalue weighted by Crippen LogP contribution is -2.46. The summed E-state index contributed by atoms with van der Waals surface area (Å²) in [5, 5.41) is 3.55. The number of amides is 1. The Morgan fingerprint density at radius 1 is 1.16 bits per heavy atom. The number of alkyl halides is 4. The number of dihydropyridines is 1. The number of halogens is 6. The highest BCUT2D eigenvalue weighted by atomic mass is 35.5. The van der Waals surface area contributed by atoms with Crippen molar-refractivity contribution in [1.82, 2.24) is 10.2 Å². The van der Waals surface area contributed by atoms with E-state index in [-0.39, 0.29) is 11.3 Å². The van der Waals surface area contributed by atoms with E-state index < -0.39 is 23.1 Å². The molecule has 3 heterocycles. The second kappa shape index (κ2) is 10.4. The zero-order valence-electron chi connectivity index (χ0n) is 20.2. The van der Waals surface area contributed by atoms with Crippen LogP contribution in [0.15, 0.2) is 66.4 Å². The second-order valence-corrected chi connectivity index (χ2v) is 10.7. The lowest BCUT2D eigenvalue weighted by atomic mass is 9.74. The number of hydrogen-bond acceptors (Lipinski definition) is 3. The van der Waals surface area contributed by atoms with E-state index in [4.69, 9.17) is 23.2 Å². The molecule has 1 saturated heterocycles. The molecule has 0 aromatic heterocycles. The lowest BCUT2D eigenvalue weighted by Gasteiger charge is -2.39. The highest BCUT2D eigenvalue weighted by molar-refractivity contribution is 6.30. The lowest BCUT2D eigenvalue weighted by molar-refractivity contribution is -0.140. The molecule has 1 amide bonds. The van der Waals surface area contributed by atoms with Gasteiger partial charge in [-0.1, -0.05) is 41.4 Å². The number of likely N-dealkylation sites (tertiary alicyclic amines) is 1. The molecule has 0 bridgehead atoms. The summed E-state index contributed by atoms with van der Waals surface area (Å²) in [7, 11) is 0. The first kappa shape index (κ1) is 26.8. The van der Waals surface area contributed by atoms with Crippen molar-refractivity contribution in [3.05, 3.63) is 93.9 Å². The number of hydrogen-bond donors (Lipinski definition) is 1. The Balaban J connectivity index is 1.27. The summed E-state index contributed by atoms with van der Waals surface area (Å²) in [6.07, 6.45) is 5.44. The van der Waals surface area contributed by atoms with Crippen molar-refractivity contribution in [2.75, 3.05) is 31.1 Å². The molecule has 3 aliphatic rings. The summed E-state index contributed by atoms with van der Waals surface area (Å²) in [6, 6.07) is 8.56. The van der Waals surface area contributed by atoms with E-state index in [2.05, 4.69) is 10.2 Å². The number of carbonyl (C=O) groups excluding carboxylic acids is 1. The van der Waals surface area contributed by atoms with Crippen LogP contribution in [0.3, 0.4) is 0 Å². The summed E-state index contributed by atoms with van der Waals surface area (Å²) in [5.74, 6) is -1.39. The Labute approximate surface area is 228 Å². The number of nitrogens with one attached hydrogen (secondary N) is 1. The van der Waals surface area contributed by atoms with Crippen molar-refractivity contribution < 1.29 is 22.4 Å². The van der Waals surface area contributed by atoms with Crippen molar-refractivity contribution in [1.29, 1.82) is 0 Å². The van der Waals surface area contributed by atoms with Gasteiger partial charge in [-0.25, -0.2) is 4.39 Å². The van der Waals surface area contributed by atoms with E-state index in [9.17, 15) is 22.4 Å². The predicted molar refractivity (Wildman–Crippen MR) is 142 cm³/mol. The third-order valence-corrected chi connectivity index (χ3v) is 7.89. The van der Waals surface area contributed by atoms with Crippen LogP contribution < -0.4 is 10.2 Å². The summed E-state index contributed by atoms with van der Waals surface area (Å²) in [5.41, 5.74) is 0.878. The fraction of sp³-hybridized carbons (Fsp3) is 0.321. The molecule has 1 atom stereocenters. The van der Waals surface area contributed by atoms with Crippen LogP contribution in [0.5, 0.6) is 0 Å². The van der Waals surface area contributed by atoms with Crippen LogP contribution in [0.4, 0.5) is 23.2 Å². The van der Waals surface area contributed by atoms with Crippen LogP contribution in [0, 0.1) is 5.82 Å². The van der Waals surface area contributed by atoms with E-state index in [1.54, 1.807) is 30.5 Å². The van der Waals surface area contributed by atoms with E-state index in [1.165, 1.54) is 6.07 Å². The SMILES string of the molecule is O=C(C1=CC(Cl)NC=C1)N1CC2(CCN(C/C=C/c3ccc(C(F)(F)F)c(F)c3)CC2)c2cc(Cl)ccc21. The van der Waals surface area contributed by atoms with Gasteiger partial charge in [0, 0.05) is 34.8 Å². The summed E-state index contributed by atoms with van der Waals surface area (Å²) < 4.78 is 52.2. The summed E-state index contributed by atoms with van der Waals surface area (Å²) in [4.78, 5) is 17.5. The molecule has 0 radical (unpaired) electrons. The maximum atomic E-state index is 13.9. The van der Waals surface area contributed by atoms with Crippen LogP contribution in [0.2, 0.25) is 5.02 Å². The maximum absolute atomic E-state index is 13.9. The average molecular weight is 566 g/mol.